The summed E-state index contributed by atoms with van der Waals surface area (Å²) in [5, 5.41) is 3.25. The summed E-state index contributed by atoms with van der Waals surface area (Å²) in [6.45, 7) is 0.529. The Hall–Kier alpha value is -2.97. The Labute approximate surface area is 166 Å². The number of thiazole rings is 1. The predicted octanol–water partition coefficient (Wildman–Crippen LogP) is 1.91. The first kappa shape index (κ1) is 17.2. The van der Waals surface area contributed by atoms with Gasteiger partial charge in [-0.25, -0.2) is 9.38 Å². The number of amides is 1. The van der Waals surface area contributed by atoms with Crippen molar-refractivity contribution < 1.29 is 9.18 Å². The van der Waals surface area contributed by atoms with Crippen LogP contribution in [0.4, 0.5) is 15.8 Å². The lowest BCUT2D eigenvalue weighted by Gasteiger charge is -2.25. The lowest BCUT2D eigenvalue weighted by Crippen LogP contribution is -2.43. The fourth-order valence-corrected chi connectivity index (χ4v) is 4.59. The Bertz CT molecular complexity index is 1330. The van der Waals surface area contributed by atoms with Crippen LogP contribution in [-0.4, -0.2) is 17.1 Å². The van der Waals surface area contributed by atoms with Crippen molar-refractivity contribution >= 4 is 45.8 Å². The molecule has 28 heavy (non-hydrogen) atoms. The van der Waals surface area contributed by atoms with E-state index in [1.807, 2.05) is 0 Å². The van der Waals surface area contributed by atoms with Gasteiger partial charge in [-0.05, 0) is 36.4 Å². The average molecular weight is 415 g/mol. The molecule has 0 spiro atoms. The van der Waals surface area contributed by atoms with Crippen molar-refractivity contribution in [2.24, 2.45) is 4.99 Å². The van der Waals surface area contributed by atoms with Gasteiger partial charge in [0.15, 0.2) is 4.80 Å². The molecule has 3 heterocycles. The maximum absolute atomic E-state index is 13.5. The smallest absolute Gasteiger partial charge is 0.272 e. The minimum Gasteiger partial charge on any atom is -0.333 e. The summed E-state index contributed by atoms with van der Waals surface area (Å²) < 4.78 is 15.4. The molecule has 0 atom stereocenters. The van der Waals surface area contributed by atoms with Crippen molar-refractivity contribution in [3.63, 3.8) is 0 Å². The molecule has 2 aliphatic heterocycles. The molecule has 1 N–H and O–H groups in total. The minimum atomic E-state index is -0.353. The highest BCUT2D eigenvalue weighted by molar-refractivity contribution is 7.07. The van der Waals surface area contributed by atoms with Gasteiger partial charge in [0.1, 0.15) is 23.7 Å². The summed E-state index contributed by atoms with van der Waals surface area (Å²) >= 11 is 7.25. The molecule has 5 rings (SSSR count). The molecule has 0 fully saturated rings. The molecule has 9 heteroatoms. The van der Waals surface area contributed by atoms with Crippen LogP contribution in [-0.2, 0) is 11.5 Å². The average Bonchev–Trinajstić information content (AvgIpc) is 3.17. The molecule has 140 valence electrons. The Morgan fingerprint density at radius 3 is 2.86 bits per heavy atom. The van der Waals surface area contributed by atoms with Gasteiger partial charge in [0, 0.05) is 22.0 Å². The van der Waals surface area contributed by atoms with Gasteiger partial charge in [-0.3, -0.25) is 14.2 Å². The number of nitrogens with one attached hydrogen (secondary N) is 1. The third-order valence-corrected chi connectivity index (χ3v) is 6.03. The molecule has 0 bridgehead atoms. The molecule has 2 aromatic carbocycles. The normalized spacial score (nSPS) is 17.1. The molecule has 0 aliphatic carbocycles. The number of fused-ring (bicyclic) bond motifs is 2. The summed E-state index contributed by atoms with van der Waals surface area (Å²) in [6.07, 6.45) is 0. The van der Waals surface area contributed by atoms with Crippen LogP contribution in [0.15, 0.2) is 52.3 Å². The highest BCUT2D eigenvalue weighted by atomic mass is 35.5. The second kappa shape index (κ2) is 6.29. The number of rotatable bonds is 1. The number of aromatic nitrogens is 1. The third-order valence-electron chi connectivity index (χ3n) is 4.68. The molecule has 0 saturated heterocycles. The van der Waals surface area contributed by atoms with Crippen molar-refractivity contribution in [2.45, 2.75) is 6.67 Å². The summed E-state index contributed by atoms with van der Waals surface area (Å²) in [7, 11) is 0. The fraction of sp³-hybridized carbons (Fsp3) is 0.105. The zero-order chi connectivity index (χ0) is 19.4. The molecular formula is C19H12ClFN4O2S. The molecule has 1 aromatic heterocycles. The molecular weight excluding hydrogens is 403 g/mol. The first-order valence-electron chi connectivity index (χ1n) is 8.41. The van der Waals surface area contributed by atoms with Crippen LogP contribution in [0.5, 0.6) is 0 Å². The number of carbonyl (C=O) groups excluding carboxylic acids is 1. The Kier molecular flexibility index (Phi) is 3.85. The van der Waals surface area contributed by atoms with Crippen molar-refractivity contribution in [1.29, 1.82) is 0 Å². The van der Waals surface area contributed by atoms with Gasteiger partial charge in [0.25, 0.3) is 11.5 Å². The lowest BCUT2D eigenvalue weighted by atomic mass is 10.1. The summed E-state index contributed by atoms with van der Waals surface area (Å²) in [4.78, 5) is 32.3. The van der Waals surface area contributed by atoms with Gasteiger partial charge in [-0.1, -0.05) is 29.0 Å². The van der Waals surface area contributed by atoms with E-state index in [9.17, 15) is 14.0 Å². The van der Waals surface area contributed by atoms with Gasteiger partial charge in [-0.15, -0.1) is 0 Å². The second-order valence-corrected chi connectivity index (χ2v) is 7.84. The quantitative estimate of drug-likeness (QED) is 0.661. The second-order valence-electron chi connectivity index (χ2n) is 6.43. The van der Waals surface area contributed by atoms with E-state index >= 15 is 0 Å². The monoisotopic (exact) mass is 414 g/mol. The van der Waals surface area contributed by atoms with Crippen molar-refractivity contribution in [3.05, 3.63) is 78.6 Å². The number of hydrogen-bond donors (Lipinski definition) is 1. The lowest BCUT2D eigenvalue weighted by molar-refractivity contribution is -0.110. The van der Waals surface area contributed by atoms with Gasteiger partial charge in [-0.2, -0.15) is 0 Å². The first-order chi connectivity index (χ1) is 13.5. The van der Waals surface area contributed by atoms with E-state index in [0.29, 0.717) is 43.5 Å². The van der Waals surface area contributed by atoms with Crippen molar-refractivity contribution in [2.75, 3.05) is 16.9 Å². The molecule has 6 nitrogen and oxygen atoms in total. The van der Waals surface area contributed by atoms with Crippen LogP contribution in [0.3, 0.4) is 0 Å². The topological polar surface area (TPSA) is 66.7 Å². The maximum Gasteiger partial charge on any atom is 0.272 e. The standard InChI is InChI=1S/C19H12ClFN4O2S/c20-10-4-5-14-13(6-10)15(17(26)23-14)16-18(27)25-9-24(8-22-19(25)28-16)12-3-1-2-11(21)7-12/h1-7H,8-9H2,(H,23,26)/b16-15-. The Morgan fingerprint density at radius 2 is 2.04 bits per heavy atom. The molecule has 1 amide bonds. The van der Waals surface area contributed by atoms with Crippen LogP contribution in [0.25, 0.3) is 5.57 Å². The number of carbonyl (C=O) groups is 1. The van der Waals surface area contributed by atoms with E-state index in [1.165, 1.54) is 28.0 Å². The summed E-state index contributed by atoms with van der Waals surface area (Å²) in [5.74, 6) is -0.691. The zero-order valence-electron chi connectivity index (χ0n) is 14.3. The molecule has 2 aliphatic rings. The minimum absolute atomic E-state index is 0.231. The van der Waals surface area contributed by atoms with E-state index in [1.54, 1.807) is 35.2 Å². The van der Waals surface area contributed by atoms with Crippen LogP contribution in [0.2, 0.25) is 5.02 Å². The molecule has 0 saturated carbocycles. The number of anilines is 2. The zero-order valence-corrected chi connectivity index (χ0v) is 15.9. The van der Waals surface area contributed by atoms with E-state index in [4.69, 9.17) is 11.6 Å². The van der Waals surface area contributed by atoms with Gasteiger partial charge in [0.2, 0.25) is 0 Å². The summed E-state index contributed by atoms with van der Waals surface area (Å²) in [6, 6.07) is 11.2. The fourth-order valence-electron chi connectivity index (χ4n) is 3.36. The van der Waals surface area contributed by atoms with Gasteiger partial charge in [0.05, 0.1) is 5.57 Å². The number of halogens is 2. The van der Waals surface area contributed by atoms with Crippen molar-refractivity contribution in [3.8, 4) is 0 Å². The molecule has 0 radical (unpaired) electrons. The van der Waals surface area contributed by atoms with Crippen LogP contribution >= 0.6 is 22.9 Å². The first-order valence-corrected chi connectivity index (χ1v) is 9.61. The Balaban J connectivity index is 1.66. The van der Waals surface area contributed by atoms with Gasteiger partial charge < -0.3 is 10.2 Å². The van der Waals surface area contributed by atoms with Crippen LogP contribution in [0, 0.1) is 5.82 Å². The Morgan fingerprint density at radius 1 is 1.18 bits per heavy atom. The van der Waals surface area contributed by atoms with E-state index in [-0.39, 0.29) is 24.0 Å². The van der Waals surface area contributed by atoms with E-state index < -0.39 is 0 Å². The van der Waals surface area contributed by atoms with E-state index in [2.05, 4.69) is 10.3 Å². The maximum atomic E-state index is 13.5. The van der Waals surface area contributed by atoms with E-state index in [0.717, 1.165) is 0 Å². The van der Waals surface area contributed by atoms with Crippen molar-refractivity contribution in [1.82, 2.24) is 4.57 Å². The van der Waals surface area contributed by atoms with Crippen LogP contribution in [0.1, 0.15) is 5.56 Å². The number of benzene rings is 2. The highest BCUT2D eigenvalue weighted by Crippen LogP contribution is 2.32. The SMILES string of the molecule is O=C1Nc2ccc(Cl)cc2/C1=c1/sc2n(c1=O)CN(c1cccc(F)c1)CN=2. The van der Waals surface area contributed by atoms with Crippen LogP contribution < -0.4 is 25.1 Å². The summed E-state index contributed by atoms with van der Waals surface area (Å²) in [5.41, 5.74) is 1.87. The third kappa shape index (κ3) is 2.64. The highest BCUT2D eigenvalue weighted by Gasteiger charge is 2.28. The number of nitrogens with zero attached hydrogens (tertiary/aromatic N) is 3. The van der Waals surface area contributed by atoms with Gasteiger partial charge >= 0.3 is 0 Å². The molecule has 3 aromatic rings. The molecule has 0 unspecified atom stereocenters. The largest absolute Gasteiger partial charge is 0.333 e. The predicted molar refractivity (Wildman–Crippen MR) is 106 cm³/mol. The number of hydrogen-bond acceptors (Lipinski definition) is 5.